The fourth-order valence-corrected chi connectivity index (χ4v) is 17.5. The van der Waals surface area contributed by atoms with E-state index < -0.39 is 68.5 Å². The van der Waals surface area contributed by atoms with Gasteiger partial charge in [-0.05, 0) is 127 Å². The molecule has 0 N–H and O–H groups in total. The summed E-state index contributed by atoms with van der Waals surface area (Å²) >= 11 is 0. The van der Waals surface area contributed by atoms with Gasteiger partial charge in [0.1, 0.15) is 12.3 Å². The van der Waals surface area contributed by atoms with Crippen LogP contribution in [0, 0.1) is 0 Å². The average Bonchev–Trinajstić information content (AvgIpc) is 1.01. The molecular formula is C100H148B2O16Si4Y2. The second kappa shape index (κ2) is 70.4. The molecule has 8 aliphatic heterocycles. The number of carbonyl (C=O) groups is 4. The summed E-state index contributed by atoms with van der Waals surface area (Å²) in [5.74, 6) is -3.65. The number of carboxylic acid groups (broad SMARTS) is 4. The second-order valence-corrected chi connectivity index (χ2v) is 57.9. The van der Waals surface area contributed by atoms with Gasteiger partial charge in [-0.2, -0.15) is 43.7 Å². The van der Waals surface area contributed by atoms with Gasteiger partial charge < -0.3 is 77.5 Å². The minimum Gasteiger partial charge on any atom is -0.550 e. The Morgan fingerprint density at radius 2 is 0.290 bits per heavy atom. The monoisotopic (exact) mass is 1920 g/mol. The minimum absolute atomic E-state index is 0. The maximum Gasteiger partial charge on any atom is 3.00 e. The number of carboxylic acids is 4. The number of hydrogen-bond acceptors (Lipinski definition) is 16. The summed E-state index contributed by atoms with van der Waals surface area (Å²) in [5, 5.41) is 39.8. The Morgan fingerprint density at radius 3 is 0.339 bits per heavy atom. The molecule has 16 nitrogen and oxygen atoms in total. The Bertz CT molecular complexity index is 3090. The molecule has 24 heteroatoms. The first-order valence-corrected chi connectivity index (χ1v) is 59.5. The molecule has 0 amide bonds. The van der Waals surface area contributed by atoms with Crippen LogP contribution in [0.15, 0.2) is 243 Å². The van der Waals surface area contributed by atoms with E-state index in [2.05, 4.69) is 243 Å². The molecule has 8 fully saturated rings. The third-order valence-electron chi connectivity index (χ3n) is 19.7. The van der Waals surface area contributed by atoms with Crippen molar-refractivity contribution in [3.05, 3.63) is 243 Å². The SMILES string of the molecule is C1CCOC1.C1CCOC1.C1CCOC1.C1CCOC1.C1CCOC1.C1CCOC1.C1CCOC1.C1CCOC1.C[Si](C)(C)CC(=O)[O-].C[Si](C)(C)CC(=O)[O-].C[Si](C)(C)CC(=O)[O-].C[Si](C)(C)CC(=O)[O-].[Y+3].[Y+3].c1ccc([B-](c2ccccc2)(c2ccccc2)c2ccccc2)cc1.c1ccc([B-](c2ccccc2)(c2ccccc2)c2ccccc2)cc1. The van der Waals surface area contributed by atoms with Gasteiger partial charge >= 0.3 is 65.4 Å². The van der Waals surface area contributed by atoms with Crippen LogP contribution < -0.4 is 64.1 Å². The van der Waals surface area contributed by atoms with Gasteiger partial charge in [-0.1, -0.05) is 321 Å². The molecule has 0 unspecified atom stereocenters. The number of benzene rings is 8. The number of aliphatic carboxylic acids is 4. The molecule has 0 aromatic heterocycles. The Balaban J connectivity index is 0.000000709. The quantitative estimate of drug-likeness (QED) is 0.0818. The van der Waals surface area contributed by atoms with Gasteiger partial charge in [0.25, 0.3) is 0 Å². The molecule has 8 aliphatic rings. The largest absolute Gasteiger partial charge is 3.00 e. The van der Waals surface area contributed by atoms with E-state index in [1.165, 1.54) is 146 Å². The standard InChI is InChI=1S/2C24H20B.4C5H12O2Si.8C4H8O.2Y/c2*1-5-13-21(14-6-1)25(22-15-7-2-8-16-22,23-17-9-3-10-18-23)24-19-11-4-12-20-24;4*1-8(2,3)4-5(6)7;8*1-2-4-5-3-1;;/h2*1-20H;4*4H2,1-3H3,(H,6,7);8*1-4H2;;/q2*-1;;;;;;;;;;;;;2*+3/p-4. The number of rotatable bonds is 16. The summed E-state index contributed by atoms with van der Waals surface area (Å²) in [7, 11) is -5.53. The van der Waals surface area contributed by atoms with Crippen molar-refractivity contribution in [2.75, 3.05) is 106 Å². The van der Waals surface area contributed by atoms with Crippen LogP contribution in [-0.4, -0.2) is 174 Å². The molecule has 8 heterocycles. The first kappa shape index (κ1) is 117. The van der Waals surface area contributed by atoms with Gasteiger partial charge in [-0.25, -0.2) is 0 Å². The molecule has 0 atom stereocenters. The molecule has 0 bridgehead atoms. The third-order valence-corrected chi connectivity index (χ3v) is 25.1. The average molecular weight is 1920 g/mol. The molecule has 8 aromatic carbocycles. The molecule has 8 aromatic rings. The van der Waals surface area contributed by atoms with E-state index in [1.807, 2.05) is 78.6 Å². The van der Waals surface area contributed by atoms with Crippen molar-refractivity contribution in [1.82, 2.24) is 0 Å². The van der Waals surface area contributed by atoms with E-state index in [4.69, 9.17) is 37.9 Å². The fourth-order valence-electron chi connectivity index (χ4n) is 14.1. The summed E-state index contributed by atoms with van der Waals surface area (Å²) in [4.78, 5) is 39.8. The smallest absolute Gasteiger partial charge is 0.550 e. The Morgan fingerprint density at radius 1 is 0.202 bits per heavy atom. The van der Waals surface area contributed by atoms with E-state index in [1.54, 1.807) is 0 Å². The zero-order chi connectivity index (χ0) is 89.3. The number of carbonyl (C=O) groups excluding carboxylic acids is 4. The van der Waals surface area contributed by atoms with Crippen LogP contribution in [0.1, 0.15) is 103 Å². The molecule has 0 aliphatic carbocycles. The maximum absolute atomic E-state index is 9.94. The van der Waals surface area contributed by atoms with Crippen LogP contribution in [0.4, 0.5) is 0 Å². The van der Waals surface area contributed by atoms with Crippen LogP contribution in [-0.2, 0) is 122 Å². The number of hydrogen-bond donors (Lipinski definition) is 0. The molecule has 0 radical (unpaired) electrons. The van der Waals surface area contributed by atoms with Gasteiger partial charge in [0.05, 0.1) is 32.3 Å². The normalized spacial score (nSPS) is 15.2. The van der Waals surface area contributed by atoms with Crippen molar-refractivity contribution in [2.45, 2.75) is 205 Å². The predicted octanol–water partition coefficient (Wildman–Crippen LogP) is 12.8. The van der Waals surface area contributed by atoms with Gasteiger partial charge in [-0.15, -0.1) is 0 Å². The van der Waals surface area contributed by atoms with Crippen molar-refractivity contribution in [3.8, 4) is 0 Å². The molecule has 0 saturated carbocycles. The van der Waals surface area contributed by atoms with Crippen LogP contribution in [0.5, 0.6) is 0 Å². The van der Waals surface area contributed by atoms with Gasteiger partial charge in [0.2, 0.25) is 0 Å². The van der Waals surface area contributed by atoms with Crippen molar-refractivity contribution in [2.24, 2.45) is 0 Å². The molecule has 124 heavy (non-hydrogen) atoms. The first-order chi connectivity index (χ1) is 58.5. The maximum atomic E-state index is 9.94. The van der Waals surface area contributed by atoms with Crippen LogP contribution in [0.25, 0.3) is 0 Å². The van der Waals surface area contributed by atoms with E-state index in [0.29, 0.717) is 0 Å². The van der Waals surface area contributed by atoms with E-state index in [9.17, 15) is 39.6 Å². The summed E-state index contributed by atoms with van der Waals surface area (Å²) in [5.41, 5.74) is 10.7. The van der Waals surface area contributed by atoms with E-state index in [-0.39, 0.29) is 89.6 Å². The summed E-state index contributed by atoms with van der Waals surface area (Å²) in [6.45, 7) is 40.0. The fraction of sp³-hybridized carbons (Fsp3) is 0.480. The van der Waals surface area contributed by atoms with Gasteiger partial charge in [0, 0.05) is 130 Å². The molecule has 8 saturated heterocycles. The number of ether oxygens (including phenoxy) is 8. The van der Waals surface area contributed by atoms with Crippen molar-refractivity contribution in [1.29, 1.82) is 0 Å². The van der Waals surface area contributed by atoms with E-state index >= 15 is 0 Å². The molecule has 672 valence electrons. The van der Waals surface area contributed by atoms with Gasteiger partial charge in [-0.3, -0.25) is 0 Å². The van der Waals surface area contributed by atoms with Crippen LogP contribution in [0.3, 0.4) is 0 Å². The second-order valence-electron chi connectivity index (χ2n) is 36.0. The van der Waals surface area contributed by atoms with E-state index in [0.717, 1.165) is 106 Å². The third kappa shape index (κ3) is 56.1. The summed E-state index contributed by atoms with van der Waals surface area (Å²) in [6.07, 6.45) is 18.0. The zero-order valence-corrected chi connectivity index (χ0v) is 87.1. The minimum atomic E-state index is -1.38. The summed E-state index contributed by atoms with van der Waals surface area (Å²) < 4.78 is 39.6. The summed E-state index contributed by atoms with van der Waals surface area (Å²) in [6, 6.07) is 88.1. The van der Waals surface area contributed by atoms with Crippen molar-refractivity contribution < 1.29 is 143 Å². The molecule has 0 spiro atoms. The molecular weight excluding hydrogens is 1770 g/mol. The topological polar surface area (TPSA) is 234 Å². The predicted molar refractivity (Wildman–Crippen MR) is 513 cm³/mol. The Labute approximate surface area is 801 Å². The Hall–Kier alpha value is -5.47. The Kier molecular flexibility index (Phi) is 66.2. The van der Waals surface area contributed by atoms with Crippen molar-refractivity contribution >= 4 is 112 Å². The van der Waals surface area contributed by atoms with Crippen LogP contribution >= 0.6 is 0 Å². The van der Waals surface area contributed by atoms with Gasteiger partial charge in [0.15, 0.2) is 0 Å². The first-order valence-electron chi connectivity index (χ1n) is 44.7. The molecule has 16 rings (SSSR count). The van der Waals surface area contributed by atoms with Crippen LogP contribution in [0.2, 0.25) is 103 Å². The zero-order valence-electron chi connectivity index (χ0n) is 77.4. The van der Waals surface area contributed by atoms with Crippen molar-refractivity contribution in [3.63, 3.8) is 0 Å².